The van der Waals surface area contributed by atoms with E-state index in [2.05, 4.69) is 201 Å². The number of rotatable bonds is 6. The SMILES string of the molecule is C=C/C=C\C.CC.CC.Cc1ccc(N(c2ccc(-c3ccccc3)cc2)c2ccc(-c3ccccc3)cc2)cc1.Cc1cccc2ccccc12. The predicted molar refractivity (Wildman–Crippen MR) is 233 cm³/mol. The average molecular weight is 682 g/mol. The molecule has 1 heteroatoms. The molecule has 0 aliphatic carbocycles. The van der Waals surface area contributed by atoms with E-state index in [9.17, 15) is 0 Å². The first-order valence-electron chi connectivity index (χ1n) is 18.4. The van der Waals surface area contributed by atoms with Crippen LogP contribution < -0.4 is 4.90 Å². The monoisotopic (exact) mass is 681 g/mol. The van der Waals surface area contributed by atoms with Crippen LogP contribution in [0.5, 0.6) is 0 Å². The van der Waals surface area contributed by atoms with Gasteiger partial charge in [0.1, 0.15) is 0 Å². The van der Waals surface area contributed by atoms with Crippen molar-refractivity contribution >= 4 is 27.8 Å². The summed E-state index contributed by atoms with van der Waals surface area (Å²) < 4.78 is 0. The molecule has 0 bridgehead atoms. The third-order valence-electron chi connectivity index (χ3n) is 8.09. The third-order valence-corrected chi connectivity index (χ3v) is 8.09. The van der Waals surface area contributed by atoms with E-state index in [1.807, 2.05) is 46.8 Å². The Balaban J connectivity index is 0.000000299. The highest BCUT2D eigenvalue weighted by Crippen LogP contribution is 2.36. The molecule has 0 saturated heterocycles. The maximum atomic E-state index is 3.46. The molecular weight excluding hydrogens is 627 g/mol. The molecule has 0 aliphatic heterocycles. The molecule has 0 radical (unpaired) electrons. The standard InChI is InChI=1S/C31H25N.C11H10.C5H8.2C2H6/c1-24-12-18-29(19-13-24)32(30-20-14-27(15-21-30)25-8-4-2-5-9-25)31-22-16-28(17-23-31)26-10-6-3-7-11-26;1-9-5-4-7-10-6-2-3-8-11(9)10;1-3-5-4-2;2*1-2/h2-23H,1H3;2-8H,1H3;3-5H,1H2,2H3;2*1-2H3/b;;5-4-;;. The Morgan fingerprint density at radius 1 is 0.423 bits per heavy atom. The molecule has 264 valence electrons. The minimum atomic E-state index is 1.14. The van der Waals surface area contributed by atoms with Crippen LogP contribution in [0.15, 0.2) is 201 Å². The van der Waals surface area contributed by atoms with Crippen LogP contribution in [0.3, 0.4) is 0 Å². The highest BCUT2D eigenvalue weighted by Gasteiger charge is 2.13. The van der Waals surface area contributed by atoms with E-state index in [1.165, 1.54) is 44.2 Å². The van der Waals surface area contributed by atoms with Crippen LogP contribution in [-0.2, 0) is 0 Å². The van der Waals surface area contributed by atoms with Gasteiger partial charge in [0.25, 0.3) is 0 Å². The number of fused-ring (bicyclic) bond motifs is 1. The van der Waals surface area contributed by atoms with Gasteiger partial charge < -0.3 is 4.90 Å². The molecule has 52 heavy (non-hydrogen) atoms. The Hall–Kier alpha value is -5.92. The fourth-order valence-corrected chi connectivity index (χ4v) is 5.53. The van der Waals surface area contributed by atoms with E-state index in [-0.39, 0.29) is 0 Å². The summed E-state index contributed by atoms with van der Waals surface area (Å²) in [6.45, 7) is 17.7. The number of anilines is 3. The second kappa shape index (κ2) is 22.7. The Morgan fingerprint density at radius 3 is 1.21 bits per heavy atom. The van der Waals surface area contributed by atoms with Gasteiger partial charge in [-0.25, -0.2) is 0 Å². The summed E-state index contributed by atoms with van der Waals surface area (Å²) in [6, 6.07) is 62.1. The Labute approximate surface area is 314 Å². The molecule has 0 spiro atoms. The molecule has 7 aromatic rings. The smallest absolute Gasteiger partial charge is 0.0462 e. The molecule has 0 N–H and O–H groups in total. The lowest BCUT2D eigenvalue weighted by Crippen LogP contribution is -2.09. The number of aryl methyl sites for hydroxylation is 2. The van der Waals surface area contributed by atoms with Crippen LogP contribution in [0.2, 0.25) is 0 Å². The average Bonchev–Trinajstić information content (AvgIpc) is 3.22. The van der Waals surface area contributed by atoms with E-state index in [0.29, 0.717) is 0 Å². The summed E-state index contributed by atoms with van der Waals surface area (Å²) in [5.41, 5.74) is 10.9. The maximum absolute atomic E-state index is 3.46. The van der Waals surface area contributed by atoms with Crippen molar-refractivity contribution in [2.24, 2.45) is 0 Å². The third kappa shape index (κ3) is 11.9. The number of hydrogen-bond acceptors (Lipinski definition) is 1. The minimum absolute atomic E-state index is 1.14. The molecule has 0 aromatic heterocycles. The number of benzene rings is 7. The van der Waals surface area contributed by atoms with Crippen molar-refractivity contribution in [1.82, 2.24) is 0 Å². The molecule has 0 amide bonds. The predicted octanol–water partition coefficient (Wildman–Crippen LogP) is 15.7. The summed E-state index contributed by atoms with van der Waals surface area (Å²) >= 11 is 0. The van der Waals surface area contributed by atoms with E-state index in [1.54, 1.807) is 6.08 Å². The molecule has 0 heterocycles. The minimum Gasteiger partial charge on any atom is -0.311 e. The zero-order chi connectivity index (χ0) is 37.6. The van der Waals surface area contributed by atoms with Crippen molar-refractivity contribution in [1.29, 1.82) is 0 Å². The molecule has 1 nitrogen and oxygen atoms in total. The lowest BCUT2D eigenvalue weighted by molar-refractivity contribution is 1.27. The quantitative estimate of drug-likeness (QED) is 0.158. The van der Waals surface area contributed by atoms with Gasteiger partial charge in [0.05, 0.1) is 0 Å². The van der Waals surface area contributed by atoms with Crippen LogP contribution in [0.25, 0.3) is 33.0 Å². The van der Waals surface area contributed by atoms with Crippen LogP contribution >= 0.6 is 0 Å². The van der Waals surface area contributed by atoms with Crippen LogP contribution in [0.1, 0.15) is 45.7 Å². The molecule has 7 rings (SSSR count). The van der Waals surface area contributed by atoms with Crippen LogP contribution in [0, 0.1) is 13.8 Å². The molecular formula is C51H55N. The first-order valence-corrected chi connectivity index (χ1v) is 18.4. The van der Waals surface area contributed by atoms with Gasteiger partial charge in [-0.3, -0.25) is 0 Å². The van der Waals surface area contributed by atoms with Crippen molar-refractivity contribution in [2.75, 3.05) is 4.90 Å². The Kier molecular flexibility index (Phi) is 17.7. The zero-order valence-electron chi connectivity index (χ0n) is 32.1. The van der Waals surface area contributed by atoms with Gasteiger partial charge in [-0.05, 0) is 95.8 Å². The summed E-state index contributed by atoms with van der Waals surface area (Å²) in [6.07, 6.45) is 5.58. The lowest BCUT2D eigenvalue weighted by atomic mass is 10.0. The largest absolute Gasteiger partial charge is 0.311 e. The Bertz CT molecular complexity index is 1930. The van der Waals surface area contributed by atoms with E-state index in [4.69, 9.17) is 0 Å². The van der Waals surface area contributed by atoms with Crippen molar-refractivity contribution in [3.63, 3.8) is 0 Å². The first kappa shape index (κ1) is 40.5. The molecule has 0 fully saturated rings. The fraction of sp³-hybridized carbons (Fsp3) is 0.137. The summed E-state index contributed by atoms with van der Waals surface area (Å²) in [5.74, 6) is 0. The number of hydrogen-bond donors (Lipinski definition) is 0. The molecule has 7 aromatic carbocycles. The maximum Gasteiger partial charge on any atom is 0.0462 e. The van der Waals surface area contributed by atoms with Crippen LogP contribution in [0.4, 0.5) is 17.1 Å². The number of nitrogens with zero attached hydrogens (tertiary/aromatic N) is 1. The van der Waals surface area contributed by atoms with Gasteiger partial charge in [-0.2, -0.15) is 0 Å². The first-order chi connectivity index (χ1) is 25.6. The normalized spacial score (nSPS) is 9.83. The zero-order valence-corrected chi connectivity index (χ0v) is 32.1. The fourth-order valence-electron chi connectivity index (χ4n) is 5.53. The van der Waals surface area contributed by atoms with Crippen molar-refractivity contribution < 1.29 is 0 Å². The van der Waals surface area contributed by atoms with Gasteiger partial charge in [0, 0.05) is 17.1 Å². The van der Waals surface area contributed by atoms with Gasteiger partial charge in [0.15, 0.2) is 0 Å². The molecule has 0 unspecified atom stereocenters. The summed E-state index contributed by atoms with van der Waals surface area (Å²) in [4.78, 5) is 2.31. The summed E-state index contributed by atoms with van der Waals surface area (Å²) in [5, 5.41) is 2.68. The van der Waals surface area contributed by atoms with Crippen LogP contribution in [-0.4, -0.2) is 0 Å². The lowest BCUT2D eigenvalue weighted by Gasteiger charge is -2.26. The van der Waals surface area contributed by atoms with E-state index >= 15 is 0 Å². The van der Waals surface area contributed by atoms with Gasteiger partial charge in [-0.1, -0.05) is 198 Å². The summed E-state index contributed by atoms with van der Waals surface area (Å²) in [7, 11) is 0. The van der Waals surface area contributed by atoms with Crippen molar-refractivity contribution in [3.8, 4) is 22.3 Å². The van der Waals surface area contributed by atoms with E-state index < -0.39 is 0 Å². The van der Waals surface area contributed by atoms with Crippen molar-refractivity contribution in [3.05, 3.63) is 212 Å². The molecule has 0 saturated carbocycles. The van der Waals surface area contributed by atoms with Gasteiger partial charge in [-0.15, -0.1) is 0 Å². The highest BCUT2D eigenvalue weighted by atomic mass is 15.1. The van der Waals surface area contributed by atoms with Gasteiger partial charge >= 0.3 is 0 Å². The molecule has 0 aliphatic rings. The topological polar surface area (TPSA) is 3.24 Å². The van der Waals surface area contributed by atoms with Gasteiger partial charge in [0.2, 0.25) is 0 Å². The second-order valence-corrected chi connectivity index (χ2v) is 11.6. The highest BCUT2D eigenvalue weighted by molar-refractivity contribution is 5.85. The molecule has 0 atom stereocenters. The second-order valence-electron chi connectivity index (χ2n) is 11.6. The Morgan fingerprint density at radius 2 is 0.808 bits per heavy atom. The number of allylic oxidation sites excluding steroid dienone is 3. The van der Waals surface area contributed by atoms with Crippen molar-refractivity contribution in [2.45, 2.75) is 48.5 Å². The van der Waals surface area contributed by atoms with E-state index in [0.717, 1.165) is 17.1 Å².